The Kier molecular flexibility index (Phi) is 8.03. The van der Waals surface area contributed by atoms with Crippen LogP contribution >= 0.6 is 11.3 Å². The molecule has 3 heterocycles. The minimum absolute atomic E-state index is 0.00483. The number of fused-ring (bicyclic) bond motifs is 1. The van der Waals surface area contributed by atoms with Gasteiger partial charge in [-0.3, -0.25) is 14.4 Å². The number of likely N-dealkylation sites (tertiary alicyclic amines) is 1. The molecule has 222 valence electrons. The van der Waals surface area contributed by atoms with Crippen LogP contribution in [0.5, 0.6) is 0 Å². The molecular weight excluding hydrogens is 580 g/mol. The number of piperidine rings is 1. The number of anilines is 2. The lowest BCUT2D eigenvalue weighted by atomic mass is 9.94. The molecule has 2 aliphatic rings. The van der Waals surface area contributed by atoms with Crippen LogP contribution in [0.15, 0.2) is 60.9 Å². The van der Waals surface area contributed by atoms with Crippen molar-refractivity contribution in [3.8, 4) is 17.2 Å². The molecular formula is C31H28F4N6OS. The second-order valence-electron chi connectivity index (χ2n) is 10.9. The summed E-state index contributed by atoms with van der Waals surface area (Å²) in [6, 6.07) is 15.8. The fourth-order valence-corrected chi connectivity index (χ4v) is 6.94. The van der Waals surface area contributed by atoms with Crippen LogP contribution in [0.1, 0.15) is 41.0 Å². The van der Waals surface area contributed by atoms with Crippen LogP contribution in [0, 0.1) is 11.3 Å². The van der Waals surface area contributed by atoms with Crippen molar-refractivity contribution < 1.29 is 22.4 Å². The van der Waals surface area contributed by atoms with Gasteiger partial charge in [0.25, 0.3) is 0 Å². The van der Waals surface area contributed by atoms with Crippen molar-refractivity contribution in [3.05, 3.63) is 82.6 Å². The summed E-state index contributed by atoms with van der Waals surface area (Å²) in [6.45, 7) is 1.61. The van der Waals surface area contributed by atoms with Gasteiger partial charge >= 0.3 is 12.1 Å². The van der Waals surface area contributed by atoms with Crippen molar-refractivity contribution >= 4 is 28.1 Å². The first-order chi connectivity index (χ1) is 20.7. The van der Waals surface area contributed by atoms with Crippen LogP contribution < -0.4 is 4.90 Å². The number of halogens is 4. The molecule has 7 nitrogen and oxygen atoms in total. The number of rotatable bonds is 6. The largest absolute Gasteiger partial charge is 0.472 e. The zero-order valence-electron chi connectivity index (χ0n) is 23.1. The Morgan fingerprint density at radius 2 is 1.86 bits per heavy atom. The van der Waals surface area contributed by atoms with E-state index in [0.29, 0.717) is 54.8 Å². The van der Waals surface area contributed by atoms with E-state index in [1.54, 1.807) is 41.2 Å². The first kappa shape index (κ1) is 29.0. The molecule has 1 amide bonds. The Bertz CT molecular complexity index is 1650. The quantitative estimate of drug-likeness (QED) is 0.235. The molecule has 0 saturated carbocycles. The molecule has 4 aromatic rings. The summed E-state index contributed by atoms with van der Waals surface area (Å²) >= 11 is 1.12. The number of aromatic nitrogens is 3. The van der Waals surface area contributed by atoms with Gasteiger partial charge in [-0.15, -0.1) is 11.3 Å². The van der Waals surface area contributed by atoms with Crippen molar-refractivity contribution in [2.24, 2.45) is 0 Å². The molecule has 1 aliphatic heterocycles. The van der Waals surface area contributed by atoms with E-state index in [1.165, 1.54) is 6.07 Å². The van der Waals surface area contributed by atoms with Crippen LogP contribution in [0.4, 0.5) is 28.4 Å². The monoisotopic (exact) mass is 608 g/mol. The number of alkyl halides is 4. The van der Waals surface area contributed by atoms with Gasteiger partial charge in [-0.2, -0.15) is 23.5 Å². The minimum atomic E-state index is -5.10. The summed E-state index contributed by atoms with van der Waals surface area (Å²) in [5.74, 6) is -2.00. The average molecular weight is 609 g/mol. The molecule has 0 bridgehead atoms. The lowest BCUT2D eigenvalue weighted by Crippen LogP contribution is -2.44. The zero-order valence-corrected chi connectivity index (χ0v) is 23.9. The van der Waals surface area contributed by atoms with Crippen LogP contribution in [0.25, 0.3) is 11.1 Å². The third-order valence-corrected chi connectivity index (χ3v) is 9.11. The summed E-state index contributed by atoms with van der Waals surface area (Å²) in [5, 5.41) is 13.4. The van der Waals surface area contributed by atoms with E-state index in [2.05, 4.69) is 21.1 Å². The Morgan fingerprint density at radius 1 is 1.09 bits per heavy atom. The Labute approximate surface area is 250 Å². The number of hydrogen-bond donors (Lipinski definition) is 0. The molecule has 0 N–H and O–H groups in total. The van der Waals surface area contributed by atoms with Gasteiger partial charge in [-0.05, 0) is 67.5 Å². The van der Waals surface area contributed by atoms with E-state index in [1.807, 2.05) is 18.3 Å². The van der Waals surface area contributed by atoms with Gasteiger partial charge in [0.1, 0.15) is 6.17 Å². The molecule has 1 aliphatic carbocycles. The molecule has 1 atom stereocenters. The smallest absolute Gasteiger partial charge is 0.300 e. The standard InChI is InChI=1S/C31H28F4N6OS/c32-24-10-12-39(13-11-24)25-8-9-27-28(15-25)43-30(38-27)41(29(42)31(33,34)35)26-3-1-2-21(14-26)18-40-19-23(17-37-40)22-6-4-20(16-36)5-7-22/h1-7,14,17,19,24-25H,8-13,15,18H2. The van der Waals surface area contributed by atoms with Crippen LogP contribution in [-0.2, 0) is 24.2 Å². The lowest BCUT2D eigenvalue weighted by molar-refractivity contribution is -0.169. The van der Waals surface area contributed by atoms with E-state index < -0.39 is 18.3 Å². The fraction of sp³-hybridized carbons (Fsp3) is 0.355. The van der Waals surface area contributed by atoms with Gasteiger partial charge in [0, 0.05) is 35.8 Å². The highest BCUT2D eigenvalue weighted by molar-refractivity contribution is 7.16. The maximum absolute atomic E-state index is 13.9. The number of aryl methyl sites for hydroxylation is 1. The number of hydrogen-bond acceptors (Lipinski definition) is 6. The van der Waals surface area contributed by atoms with Crippen molar-refractivity contribution in [3.63, 3.8) is 0 Å². The van der Waals surface area contributed by atoms with Crippen molar-refractivity contribution in [2.45, 2.75) is 57.0 Å². The molecule has 12 heteroatoms. The molecule has 0 spiro atoms. The molecule has 6 rings (SSSR count). The first-order valence-corrected chi connectivity index (χ1v) is 14.9. The zero-order chi connectivity index (χ0) is 30.1. The molecule has 1 saturated heterocycles. The SMILES string of the molecule is N#Cc1ccc(-c2cnn(Cc3cccc(N(C(=O)C(F)(F)F)c4nc5c(s4)CC(N4CCC(F)CC4)CC5)c3)c2)cc1. The summed E-state index contributed by atoms with van der Waals surface area (Å²) < 4.78 is 56.9. The number of amides is 1. The second-order valence-corrected chi connectivity index (χ2v) is 12.0. The lowest BCUT2D eigenvalue weighted by Gasteiger charge is -2.37. The third-order valence-electron chi connectivity index (χ3n) is 8.01. The Balaban J connectivity index is 1.24. The molecule has 0 radical (unpaired) electrons. The maximum atomic E-state index is 13.9. The minimum Gasteiger partial charge on any atom is -0.300 e. The van der Waals surface area contributed by atoms with Gasteiger partial charge in [-0.25, -0.2) is 14.3 Å². The molecule has 43 heavy (non-hydrogen) atoms. The molecule has 2 aromatic heterocycles. The van der Waals surface area contributed by atoms with Gasteiger partial charge < -0.3 is 0 Å². The number of carbonyl (C=O) groups excluding carboxylic acids is 1. The normalized spacial score (nSPS) is 17.8. The predicted molar refractivity (Wildman–Crippen MR) is 155 cm³/mol. The number of thiazole rings is 1. The number of benzene rings is 2. The summed E-state index contributed by atoms with van der Waals surface area (Å²) in [7, 11) is 0. The van der Waals surface area contributed by atoms with E-state index >= 15 is 0 Å². The second kappa shape index (κ2) is 11.9. The highest BCUT2D eigenvalue weighted by Crippen LogP contribution is 2.39. The van der Waals surface area contributed by atoms with E-state index in [-0.39, 0.29) is 23.4 Å². The van der Waals surface area contributed by atoms with E-state index in [0.717, 1.165) is 39.5 Å². The number of nitriles is 1. The van der Waals surface area contributed by atoms with Crippen LogP contribution in [0.3, 0.4) is 0 Å². The molecule has 2 aromatic carbocycles. The maximum Gasteiger partial charge on any atom is 0.472 e. The topological polar surface area (TPSA) is 78.0 Å². The van der Waals surface area contributed by atoms with Gasteiger partial charge in [0.15, 0.2) is 5.13 Å². The van der Waals surface area contributed by atoms with Crippen molar-refractivity contribution in [2.75, 3.05) is 18.0 Å². The molecule has 1 unspecified atom stereocenters. The Hall–Kier alpha value is -4.08. The van der Waals surface area contributed by atoms with Crippen molar-refractivity contribution in [1.82, 2.24) is 19.7 Å². The third kappa shape index (κ3) is 6.33. The van der Waals surface area contributed by atoms with Gasteiger partial charge in [0.05, 0.1) is 35.8 Å². The summed E-state index contributed by atoms with van der Waals surface area (Å²) in [5.41, 5.74) is 3.71. The number of carbonyl (C=O) groups is 1. The highest BCUT2D eigenvalue weighted by Gasteiger charge is 2.45. The first-order valence-electron chi connectivity index (χ1n) is 14.1. The predicted octanol–water partition coefficient (Wildman–Crippen LogP) is 6.44. The number of nitrogens with zero attached hydrogens (tertiary/aromatic N) is 6. The van der Waals surface area contributed by atoms with Crippen LogP contribution in [-0.4, -0.2) is 57.1 Å². The van der Waals surface area contributed by atoms with Crippen LogP contribution in [0.2, 0.25) is 0 Å². The Morgan fingerprint density at radius 3 is 2.58 bits per heavy atom. The summed E-state index contributed by atoms with van der Waals surface area (Å²) in [4.78, 5) is 21.1. The van der Waals surface area contributed by atoms with E-state index in [4.69, 9.17) is 5.26 Å². The van der Waals surface area contributed by atoms with E-state index in [9.17, 15) is 22.4 Å². The molecule has 1 fully saturated rings. The average Bonchev–Trinajstić information content (AvgIpc) is 3.64. The van der Waals surface area contributed by atoms with Gasteiger partial charge in [-0.1, -0.05) is 24.3 Å². The highest BCUT2D eigenvalue weighted by atomic mass is 32.1. The fourth-order valence-electron chi connectivity index (χ4n) is 5.74. The van der Waals surface area contributed by atoms with Gasteiger partial charge in [0.2, 0.25) is 0 Å². The van der Waals surface area contributed by atoms with Crippen molar-refractivity contribution in [1.29, 1.82) is 5.26 Å². The summed E-state index contributed by atoms with van der Waals surface area (Å²) in [6.07, 6.45) is 0.629.